The van der Waals surface area contributed by atoms with Crippen LogP contribution in [0.5, 0.6) is 0 Å². The Morgan fingerprint density at radius 3 is 2.75 bits per heavy atom. The number of nitrogens with one attached hydrogen (secondary N) is 1. The Bertz CT molecular complexity index is 556. The Labute approximate surface area is 92.4 Å². The van der Waals surface area contributed by atoms with Crippen LogP contribution in [0.15, 0.2) is 18.2 Å². The fraction of sp³-hybridized carbons (Fsp3) is 0.273. The number of rotatable bonds is 1. The number of halogens is 1. The molecule has 0 unspecified atom stereocenters. The van der Waals surface area contributed by atoms with Crippen LogP contribution >= 0.6 is 0 Å². The standard InChI is InChI=1S/C11H13FN4/c1-6(2)9-7-4-3-5-8(12)10(7)16(15-9)11(13)14/h3-6H,1-2H3,(H3,13,14). The van der Waals surface area contributed by atoms with Gasteiger partial charge in [-0.15, -0.1) is 0 Å². The van der Waals surface area contributed by atoms with E-state index in [1.807, 2.05) is 13.8 Å². The molecule has 0 radical (unpaired) electrons. The van der Waals surface area contributed by atoms with Crippen molar-refractivity contribution in [2.24, 2.45) is 5.73 Å². The lowest BCUT2D eigenvalue weighted by atomic mass is 10.1. The zero-order valence-corrected chi connectivity index (χ0v) is 9.16. The zero-order chi connectivity index (χ0) is 11.9. The van der Waals surface area contributed by atoms with E-state index in [0.29, 0.717) is 5.39 Å². The summed E-state index contributed by atoms with van der Waals surface area (Å²) in [4.78, 5) is 0. The summed E-state index contributed by atoms with van der Waals surface area (Å²) in [6, 6.07) is 4.77. The number of hydrogen-bond acceptors (Lipinski definition) is 2. The fourth-order valence-electron chi connectivity index (χ4n) is 1.75. The van der Waals surface area contributed by atoms with Crippen molar-refractivity contribution in [3.8, 4) is 0 Å². The van der Waals surface area contributed by atoms with Gasteiger partial charge >= 0.3 is 0 Å². The lowest BCUT2D eigenvalue weighted by Gasteiger charge is -1.99. The van der Waals surface area contributed by atoms with Gasteiger partial charge < -0.3 is 5.73 Å². The SMILES string of the molecule is CC(C)c1nn(C(=N)N)c2c(F)cccc12. The average molecular weight is 220 g/mol. The number of hydrogen-bond donors (Lipinski definition) is 2. The maximum Gasteiger partial charge on any atom is 0.214 e. The molecule has 1 heterocycles. The Balaban J connectivity index is 2.87. The topological polar surface area (TPSA) is 67.7 Å². The Morgan fingerprint density at radius 2 is 2.19 bits per heavy atom. The second kappa shape index (κ2) is 3.59. The largest absolute Gasteiger partial charge is 0.368 e. The molecule has 0 saturated carbocycles. The molecule has 84 valence electrons. The maximum absolute atomic E-state index is 13.7. The minimum absolute atomic E-state index is 0.157. The summed E-state index contributed by atoms with van der Waals surface area (Å²) in [5.41, 5.74) is 6.41. The predicted octanol–water partition coefficient (Wildman–Crippen LogP) is 2.04. The third-order valence-electron chi connectivity index (χ3n) is 2.46. The van der Waals surface area contributed by atoms with Crippen LogP contribution < -0.4 is 5.73 Å². The number of benzene rings is 1. The third kappa shape index (κ3) is 1.44. The van der Waals surface area contributed by atoms with Crippen molar-refractivity contribution in [2.45, 2.75) is 19.8 Å². The lowest BCUT2D eigenvalue weighted by Crippen LogP contribution is -2.22. The molecule has 0 fully saturated rings. The van der Waals surface area contributed by atoms with E-state index in [9.17, 15) is 4.39 Å². The highest BCUT2D eigenvalue weighted by Crippen LogP contribution is 2.26. The first-order valence-corrected chi connectivity index (χ1v) is 5.04. The van der Waals surface area contributed by atoms with E-state index in [2.05, 4.69) is 5.10 Å². The monoisotopic (exact) mass is 220 g/mol. The van der Waals surface area contributed by atoms with Gasteiger partial charge in [0.05, 0.1) is 5.69 Å². The fourth-order valence-corrected chi connectivity index (χ4v) is 1.75. The van der Waals surface area contributed by atoms with E-state index in [1.165, 1.54) is 6.07 Å². The molecular formula is C11H13FN4. The second-order valence-corrected chi connectivity index (χ2v) is 3.97. The molecule has 2 aromatic rings. The summed E-state index contributed by atoms with van der Waals surface area (Å²) in [5.74, 6) is -0.529. The van der Waals surface area contributed by atoms with Gasteiger partial charge in [0.15, 0.2) is 0 Å². The van der Waals surface area contributed by atoms with Crippen molar-refractivity contribution >= 4 is 16.9 Å². The van der Waals surface area contributed by atoms with Crippen molar-refractivity contribution in [3.63, 3.8) is 0 Å². The highest BCUT2D eigenvalue weighted by molar-refractivity contribution is 5.92. The molecule has 1 aromatic carbocycles. The molecule has 0 aliphatic carbocycles. The van der Waals surface area contributed by atoms with Crippen molar-refractivity contribution in [2.75, 3.05) is 0 Å². The molecule has 1 aromatic heterocycles. The van der Waals surface area contributed by atoms with Gasteiger partial charge in [0.2, 0.25) is 5.96 Å². The first-order chi connectivity index (χ1) is 7.52. The first kappa shape index (κ1) is 10.6. The summed E-state index contributed by atoms with van der Waals surface area (Å²) < 4.78 is 14.8. The highest BCUT2D eigenvalue weighted by Gasteiger charge is 2.17. The Hall–Kier alpha value is -1.91. The van der Waals surface area contributed by atoms with Crippen LogP contribution in [-0.2, 0) is 0 Å². The van der Waals surface area contributed by atoms with E-state index in [0.717, 1.165) is 10.4 Å². The van der Waals surface area contributed by atoms with Crippen LogP contribution in [0.1, 0.15) is 25.5 Å². The van der Waals surface area contributed by atoms with E-state index in [4.69, 9.17) is 11.1 Å². The number of nitrogens with zero attached hydrogens (tertiary/aromatic N) is 2. The second-order valence-electron chi connectivity index (χ2n) is 3.97. The van der Waals surface area contributed by atoms with E-state index >= 15 is 0 Å². The van der Waals surface area contributed by atoms with Gasteiger partial charge in [-0.2, -0.15) is 9.78 Å². The van der Waals surface area contributed by atoms with Gasteiger partial charge in [-0.3, -0.25) is 5.41 Å². The number of fused-ring (bicyclic) bond motifs is 1. The molecule has 2 rings (SSSR count). The third-order valence-corrected chi connectivity index (χ3v) is 2.46. The Morgan fingerprint density at radius 1 is 1.50 bits per heavy atom. The molecule has 0 spiro atoms. The molecule has 4 nitrogen and oxygen atoms in total. The summed E-state index contributed by atoms with van der Waals surface area (Å²) in [5, 5.41) is 12.3. The highest BCUT2D eigenvalue weighted by atomic mass is 19.1. The van der Waals surface area contributed by atoms with Crippen LogP contribution in [0.3, 0.4) is 0 Å². The van der Waals surface area contributed by atoms with Gasteiger partial charge in [0.1, 0.15) is 11.3 Å². The number of aromatic nitrogens is 2. The lowest BCUT2D eigenvalue weighted by molar-refractivity contribution is 0.632. The molecule has 16 heavy (non-hydrogen) atoms. The Kier molecular flexibility index (Phi) is 2.38. The summed E-state index contributed by atoms with van der Waals surface area (Å²) in [6.07, 6.45) is 0. The zero-order valence-electron chi connectivity index (χ0n) is 9.16. The van der Waals surface area contributed by atoms with Gasteiger partial charge in [-0.05, 0) is 12.0 Å². The van der Waals surface area contributed by atoms with Crippen LogP contribution in [0.4, 0.5) is 4.39 Å². The molecule has 0 aliphatic heterocycles. The molecule has 3 N–H and O–H groups in total. The average Bonchev–Trinajstić information content (AvgIpc) is 2.58. The minimum atomic E-state index is -0.410. The predicted molar refractivity (Wildman–Crippen MR) is 61.1 cm³/mol. The van der Waals surface area contributed by atoms with Gasteiger partial charge in [-0.1, -0.05) is 26.0 Å². The van der Waals surface area contributed by atoms with Crippen LogP contribution in [0.2, 0.25) is 0 Å². The molecule has 5 heteroatoms. The van der Waals surface area contributed by atoms with E-state index in [-0.39, 0.29) is 17.4 Å². The van der Waals surface area contributed by atoms with Crippen molar-refractivity contribution in [1.82, 2.24) is 9.78 Å². The van der Waals surface area contributed by atoms with Gasteiger partial charge in [-0.25, -0.2) is 4.39 Å². The van der Waals surface area contributed by atoms with Crippen LogP contribution in [0.25, 0.3) is 10.9 Å². The first-order valence-electron chi connectivity index (χ1n) is 5.04. The molecule has 0 aliphatic rings. The van der Waals surface area contributed by atoms with Crippen LogP contribution in [-0.4, -0.2) is 15.7 Å². The van der Waals surface area contributed by atoms with Crippen molar-refractivity contribution in [3.05, 3.63) is 29.7 Å². The van der Waals surface area contributed by atoms with Crippen molar-refractivity contribution in [1.29, 1.82) is 5.41 Å². The summed E-state index contributed by atoms with van der Waals surface area (Å²) in [6.45, 7) is 3.94. The quantitative estimate of drug-likeness (QED) is 0.570. The maximum atomic E-state index is 13.7. The molecular weight excluding hydrogens is 207 g/mol. The number of nitrogen functional groups attached to an aromatic ring is 1. The van der Waals surface area contributed by atoms with E-state index < -0.39 is 5.82 Å². The molecule has 0 atom stereocenters. The molecule has 0 bridgehead atoms. The molecule has 0 amide bonds. The van der Waals surface area contributed by atoms with E-state index in [1.54, 1.807) is 12.1 Å². The van der Waals surface area contributed by atoms with Gasteiger partial charge in [0.25, 0.3) is 0 Å². The minimum Gasteiger partial charge on any atom is -0.368 e. The van der Waals surface area contributed by atoms with Gasteiger partial charge in [0, 0.05) is 5.39 Å². The van der Waals surface area contributed by atoms with Crippen LogP contribution in [0, 0.1) is 11.2 Å². The number of nitrogens with two attached hydrogens (primary N) is 1. The summed E-state index contributed by atoms with van der Waals surface area (Å²) in [7, 11) is 0. The smallest absolute Gasteiger partial charge is 0.214 e. The molecule has 0 saturated heterocycles. The summed E-state index contributed by atoms with van der Waals surface area (Å²) >= 11 is 0. The normalized spacial score (nSPS) is 11.2. The van der Waals surface area contributed by atoms with Crippen molar-refractivity contribution < 1.29 is 4.39 Å². The number of para-hydroxylation sites is 1.